The SMILES string of the molecule is Cc1nc2oc(C3CCC3)nc2cc1N. The van der Waals surface area contributed by atoms with Gasteiger partial charge in [0.25, 0.3) is 0 Å². The zero-order valence-corrected chi connectivity index (χ0v) is 8.66. The van der Waals surface area contributed by atoms with Crippen molar-refractivity contribution in [2.75, 3.05) is 5.73 Å². The maximum absolute atomic E-state index is 5.77. The number of nitrogens with zero attached hydrogens (tertiary/aromatic N) is 2. The Morgan fingerprint density at radius 1 is 1.40 bits per heavy atom. The Labute approximate surface area is 87.5 Å². The van der Waals surface area contributed by atoms with Gasteiger partial charge in [-0.1, -0.05) is 6.42 Å². The highest BCUT2D eigenvalue weighted by Crippen LogP contribution is 2.37. The molecule has 4 nitrogen and oxygen atoms in total. The molecule has 0 atom stereocenters. The van der Waals surface area contributed by atoms with Crippen LogP contribution in [0.25, 0.3) is 11.2 Å². The van der Waals surface area contributed by atoms with Gasteiger partial charge in [0.1, 0.15) is 5.52 Å². The van der Waals surface area contributed by atoms with Crippen molar-refractivity contribution in [2.24, 2.45) is 0 Å². The minimum absolute atomic E-state index is 0.501. The second-order valence-electron chi connectivity index (χ2n) is 4.17. The summed E-state index contributed by atoms with van der Waals surface area (Å²) in [5.41, 5.74) is 8.65. The molecule has 0 aromatic carbocycles. The molecule has 0 aliphatic heterocycles. The van der Waals surface area contributed by atoms with Gasteiger partial charge in [0.2, 0.25) is 11.6 Å². The summed E-state index contributed by atoms with van der Waals surface area (Å²) < 4.78 is 5.63. The lowest BCUT2D eigenvalue weighted by Gasteiger charge is -2.21. The Hall–Kier alpha value is -1.58. The second-order valence-corrected chi connectivity index (χ2v) is 4.17. The zero-order chi connectivity index (χ0) is 10.4. The van der Waals surface area contributed by atoms with Crippen LogP contribution in [0.1, 0.15) is 36.8 Å². The van der Waals surface area contributed by atoms with Crippen molar-refractivity contribution in [2.45, 2.75) is 32.1 Å². The molecule has 0 radical (unpaired) electrons. The first-order chi connectivity index (χ1) is 7.24. The van der Waals surface area contributed by atoms with Crippen LogP contribution in [-0.4, -0.2) is 9.97 Å². The molecule has 2 heterocycles. The van der Waals surface area contributed by atoms with E-state index < -0.39 is 0 Å². The highest BCUT2D eigenvalue weighted by atomic mass is 16.4. The zero-order valence-electron chi connectivity index (χ0n) is 8.66. The van der Waals surface area contributed by atoms with Gasteiger partial charge in [0.15, 0.2) is 0 Å². The quantitative estimate of drug-likeness (QED) is 0.772. The first-order valence-electron chi connectivity index (χ1n) is 5.27. The predicted molar refractivity (Wildman–Crippen MR) is 57.5 cm³/mol. The fourth-order valence-electron chi connectivity index (χ4n) is 1.81. The summed E-state index contributed by atoms with van der Waals surface area (Å²) in [5, 5.41) is 0. The molecule has 78 valence electrons. The topological polar surface area (TPSA) is 64.9 Å². The number of rotatable bonds is 1. The van der Waals surface area contributed by atoms with Crippen molar-refractivity contribution >= 4 is 16.9 Å². The average molecular weight is 203 g/mol. The molecule has 15 heavy (non-hydrogen) atoms. The molecule has 0 unspecified atom stereocenters. The van der Waals surface area contributed by atoms with Gasteiger partial charge in [-0.25, -0.2) is 9.97 Å². The summed E-state index contributed by atoms with van der Waals surface area (Å²) in [7, 11) is 0. The predicted octanol–water partition coefficient (Wildman–Crippen LogP) is 2.38. The fraction of sp³-hybridized carbons (Fsp3) is 0.455. The summed E-state index contributed by atoms with van der Waals surface area (Å²) in [5.74, 6) is 1.33. The van der Waals surface area contributed by atoms with Crippen LogP contribution in [0.5, 0.6) is 0 Å². The molecule has 3 rings (SSSR count). The molecule has 0 bridgehead atoms. The Bertz CT molecular complexity index is 475. The summed E-state index contributed by atoms with van der Waals surface area (Å²) in [6.45, 7) is 1.88. The van der Waals surface area contributed by atoms with Gasteiger partial charge in [-0.3, -0.25) is 0 Å². The minimum Gasteiger partial charge on any atom is -0.422 e. The van der Waals surface area contributed by atoms with Crippen molar-refractivity contribution in [1.29, 1.82) is 0 Å². The van der Waals surface area contributed by atoms with Crippen LogP contribution in [0.3, 0.4) is 0 Å². The molecule has 2 aromatic heterocycles. The van der Waals surface area contributed by atoms with Crippen molar-refractivity contribution in [1.82, 2.24) is 9.97 Å². The van der Waals surface area contributed by atoms with Gasteiger partial charge in [-0.05, 0) is 25.8 Å². The summed E-state index contributed by atoms with van der Waals surface area (Å²) in [6.07, 6.45) is 3.64. The van der Waals surface area contributed by atoms with E-state index in [-0.39, 0.29) is 0 Å². The van der Waals surface area contributed by atoms with Crippen LogP contribution in [0.2, 0.25) is 0 Å². The molecule has 2 N–H and O–H groups in total. The van der Waals surface area contributed by atoms with Gasteiger partial charge in [-0.2, -0.15) is 0 Å². The van der Waals surface area contributed by atoms with Crippen molar-refractivity contribution in [3.8, 4) is 0 Å². The van der Waals surface area contributed by atoms with Crippen molar-refractivity contribution < 1.29 is 4.42 Å². The fourth-order valence-corrected chi connectivity index (χ4v) is 1.81. The van der Waals surface area contributed by atoms with E-state index in [2.05, 4.69) is 9.97 Å². The number of nitrogen functional groups attached to an aromatic ring is 1. The molecule has 0 spiro atoms. The van der Waals surface area contributed by atoms with Crippen molar-refractivity contribution in [3.05, 3.63) is 17.7 Å². The van der Waals surface area contributed by atoms with E-state index in [0.29, 0.717) is 17.3 Å². The number of nitrogens with two attached hydrogens (primary N) is 1. The van der Waals surface area contributed by atoms with Crippen LogP contribution in [0.4, 0.5) is 5.69 Å². The molecule has 1 saturated carbocycles. The van der Waals surface area contributed by atoms with Crippen LogP contribution < -0.4 is 5.73 Å². The molecule has 1 aliphatic carbocycles. The number of aromatic nitrogens is 2. The maximum Gasteiger partial charge on any atom is 0.247 e. The average Bonchev–Trinajstić information content (AvgIpc) is 2.45. The van der Waals surface area contributed by atoms with Gasteiger partial charge in [0.05, 0.1) is 11.4 Å². The Balaban J connectivity index is 2.12. The van der Waals surface area contributed by atoms with Gasteiger partial charge >= 0.3 is 0 Å². The van der Waals surface area contributed by atoms with Gasteiger partial charge in [-0.15, -0.1) is 0 Å². The number of hydrogen-bond acceptors (Lipinski definition) is 4. The molecule has 2 aromatic rings. The smallest absolute Gasteiger partial charge is 0.247 e. The van der Waals surface area contributed by atoms with E-state index in [1.807, 2.05) is 13.0 Å². The largest absolute Gasteiger partial charge is 0.422 e. The lowest BCUT2D eigenvalue weighted by Crippen LogP contribution is -2.08. The first-order valence-corrected chi connectivity index (χ1v) is 5.27. The number of pyridine rings is 1. The molecule has 0 saturated heterocycles. The third kappa shape index (κ3) is 1.28. The molecular formula is C11H13N3O. The first kappa shape index (κ1) is 8.71. The molecule has 4 heteroatoms. The Kier molecular flexibility index (Phi) is 1.71. The van der Waals surface area contributed by atoms with Gasteiger partial charge in [0, 0.05) is 5.92 Å². The molecular weight excluding hydrogens is 190 g/mol. The number of aryl methyl sites for hydroxylation is 1. The van der Waals surface area contributed by atoms with E-state index in [0.717, 1.165) is 17.1 Å². The molecule has 1 aliphatic rings. The highest BCUT2D eigenvalue weighted by Gasteiger charge is 2.25. The monoisotopic (exact) mass is 203 g/mol. The number of anilines is 1. The molecule has 1 fully saturated rings. The summed E-state index contributed by atoms with van der Waals surface area (Å²) in [6, 6.07) is 1.84. The summed E-state index contributed by atoms with van der Waals surface area (Å²) in [4.78, 5) is 8.71. The lowest BCUT2D eigenvalue weighted by molar-refractivity contribution is 0.342. The van der Waals surface area contributed by atoms with E-state index >= 15 is 0 Å². The van der Waals surface area contributed by atoms with E-state index in [1.165, 1.54) is 19.3 Å². The Morgan fingerprint density at radius 3 is 2.87 bits per heavy atom. The van der Waals surface area contributed by atoms with Gasteiger partial charge < -0.3 is 10.2 Å². The van der Waals surface area contributed by atoms with Crippen LogP contribution in [0.15, 0.2) is 10.5 Å². The van der Waals surface area contributed by atoms with Crippen molar-refractivity contribution in [3.63, 3.8) is 0 Å². The standard InChI is InChI=1S/C11H13N3O/c1-6-8(12)5-9-11(13-6)15-10(14-9)7-3-2-4-7/h5,7H,2-4,12H2,1H3. The highest BCUT2D eigenvalue weighted by molar-refractivity contribution is 5.73. The number of oxazole rings is 1. The number of hydrogen-bond donors (Lipinski definition) is 1. The minimum atomic E-state index is 0.501. The van der Waals surface area contributed by atoms with E-state index in [4.69, 9.17) is 10.2 Å². The maximum atomic E-state index is 5.77. The van der Waals surface area contributed by atoms with E-state index in [9.17, 15) is 0 Å². The second kappa shape index (κ2) is 2.95. The van der Waals surface area contributed by atoms with Crippen LogP contribution in [-0.2, 0) is 0 Å². The summed E-state index contributed by atoms with van der Waals surface area (Å²) >= 11 is 0. The lowest BCUT2D eigenvalue weighted by atomic mass is 9.85. The normalized spacial score (nSPS) is 16.9. The van der Waals surface area contributed by atoms with E-state index in [1.54, 1.807) is 0 Å². The third-order valence-electron chi connectivity index (χ3n) is 3.08. The number of fused-ring (bicyclic) bond motifs is 1. The molecule has 0 amide bonds. The third-order valence-corrected chi connectivity index (χ3v) is 3.08. The Morgan fingerprint density at radius 2 is 2.20 bits per heavy atom. The van der Waals surface area contributed by atoms with Crippen LogP contribution in [0, 0.1) is 6.92 Å². The van der Waals surface area contributed by atoms with Crippen LogP contribution >= 0.6 is 0 Å².